The SMILES string of the molecule is CC[C@H](C)[C@H](NC(=O)[C@@H](NC(=O)[C@@H](CCC(=O)O)NC1(C(C)(NCC(=O)N[C@@H](CCC(=O)O)C(=O)N[C@@H](CCCN=C(N)N)C(=O)C(C(=O)O)C(=O)CCCCCNC(=O)CI)N[C@@H](CCC(N)=O)C(=O)N[C@@H](CC(N)=O)C(=O)N[C@H](C(=O)N[C@@H](Cc2ccccc2)C(N)=O)C(C)C)CC1)C(C)C)C(=O)NCC(N)=O. The van der Waals surface area contributed by atoms with Crippen LogP contribution in [0.3, 0.4) is 0 Å². The molecule has 2 unspecified atom stereocenters. The number of nitrogens with one attached hydrogen (secondary N) is 12. The van der Waals surface area contributed by atoms with Crippen molar-refractivity contribution in [2.24, 2.45) is 63.1 Å². The maximum absolute atomic E-state index is 15.1. The summed E-state index contributed by atoms with van der Waals surface area (Å²) in [6.45, 7) is 9.36. The molecular formula is C69H110IN19O21. The lowest BCUT2D eigenvalue weighted by Gasteiger charge is -2.44. The van der Waals surface area contributed by atoms with Crippen molar-refractivity contribution in [2.45, 2.75) is 223 Å². The highest BCUT2D eigenvalue weighted by Gasteiger charge is 2.59. The first-order valence-electron chi connectivity index (χ1n) is 36.0. The van der Waals surface area contributed by atoms with Crippen LogP contribution in [0.15, 0.2) is 35.3 Å². The molecule has 0 aromatic heterocycles. The lowest BCUT2D eigenvalue weighted by Crippen LogP contribution is -2.74. The number of hydrogen-bond donors (Lipinski definition) is 21. The fourth-order valence-electron chi connectivity index (χ4n) is 11.6. The van der Waals surface area contributed by atoms with E-state index in [2.05, 4.69) is 68.8 Å². The van der Waals surface area contributed by atoms with Gasteiger partial charge in [0, 0.05) is 45.2 Å². The molecule has 0 bridgehead atoms. The molecule has 0 radical (unpaired) electrons. The highest BCUT2D eigenvalue weighted by molar-refractivity contribution is 14.1. The number of nitrogens with zero attached hydrogens (tertiary/aromatic N) is 1. The number of guanidine groups is 1. The van der Waals surface area contributed by atoms with Gasteiger partial charge < -0.3 is 97.6 Å². The number of halogens is 1. The van der Waals surface area contributed by atoms with E-state index < -0.39 is 260 Å². The molecule has 1 saturated carbocycles. The number of aliphatic imine (C=N–C) groups is 1. The van der Waals surface area contributed by atoms with Gasteiger partial charge in [-0.1, -0.05) is 107 Å². The van der Waals surface area contributed by atoms with E-state index in [-0.39, 0.29) is 61.5 Å². The molecule has 1 fully saturated rings. The minimum Gasteiger partial charge on any atom is -0.481 e. The summed E-state index contributed by atoms with van der Waals surface area (Å²) < 4.78 is 0.199. The molecular weight excluding hydrogens is 1560 g/mol. The molecule has 27 N–H and O–H groups in total. The molecule has 110 heavy (non-hydrogen) atoms. The summed E-state index contributed by atoms with van der Waals surface area (Å²) in [4.78, 5) is 245. The number of hydrogen-bond acceptors (Lipinski definition) is 22. The predicted octanol–water partition coefficient (Wildman–Crippen LogP) is -5.30. The second kappa shape index (κ2) is 47.8. The molecule has 2 rings (SSSR count). The maximum Gasteiger partial charge on any atom is 0.321 e. The number of carbonyl (C=O) groups is 18. The molecule has 40 nitrogen and oxygen atoms in total. The first-order valence-corrected chi connectivity index (χ1v) is 37.5. The van der Waals surface area contributed by atoms with E-state index in [4.69, 9.17) is 34.4 Å². The third-order valence-corrected chi connectivity index (χ3v) is 18.9. The molecule has 1 aliphatic rings. The number of amides is 13. The Morgan fingerprint density at radius 2 is 1.05 bits per heavy atom. The van der Waals surface area contributed by atoms with Gasteiger partial charge in [0.1, 0.15) is 36.3 Å². The van der Waals surface area contributed by atoms with Gasteiger partial charge in [0.15, 0.2) is 23.4 Å². The van der Waals surface area contributed by atoms with Gasteiger partial charge in [-0.05, 0) is 88.0 Å². The molecule has 0 spiro atoms. The number of unbranched alkanes of at least 4 members (excludes halogenated alkanes) is 2. The summed E-state index contributed by atoms with van der Waals surface area (Å²) >= 11 is 1.87. The van der Waals surface area contributed by atoms with E-state index in [1.54, 1.807) is 58.0 Å². The van der Waals surface area contributed by atoms with E-state index in [1.165, 1.54) is 20.8 Å². The fraction of sp³-hybridized carbons (Fsp3) is 0.638. The summed E-state index contributed by atoms with van der Waals surface area (Å²) in [5.41, 5.74) is 30.0. The van der Waals surface area contributed by atoms with Crippen molar-refractivity contribution in [1.29, 1.82) is 0 Å². The third kappa shape index (κ3) is 34.3. The first-order chi connectivity index (χ1) is 51.5. The van der Waals surface area contributed by atoms with Crippen LogP contribution in [0.2, 0.25) is 0 Å². The van der Waals surface area contributed by atoms with E-state index in [1.807, 2.05) is 22.6 Å². The van der Waals surface area contributed by atoms with Crippen molar-refractivity contribution in [2.75, 3.05) is 30.6 Å². The number of alkyl halides is 1. The number of Topliss-reactive ketones (excluding diaryl/α,β-unsaturated/α-hetero) is 2. The van der Waals surface area contributed by atoms with Crippen molar-refractivity contribution in [3.05, 3.63) is 35.9 Å². The number of carboxylic acid groups (broad SMARTS) is 3. The van der Waals surface area contributed by atoms with E-state index in [0.717, 1.165) is 0 Å². The second-order valence-electron chi connectivity index (χ2n) is 27.8. The molecule has 1 aliphatic carbocycles. The van der Waals surface area contributed by atoms with Gasteiger partial charge in [-0.3, -0.25) is 107 Å². The van der Waals surface area contributed by atoms with Gasteiger partial charge in [-0.2, -0.15) is 0 Å². The number of aliphatic carboxylic acids is 3. The number of rotatable bonds is 57. The average Bonchev–Trinajstić information content (AvgIpc) is 1.58. The van der Waals surface area contributed by atoms with Crippen LogP contribution < -0.4 is 98.2 Å². The van der Waals surface area contributed by atoms with Crippen molar-refractivity contribution in [3.8, 4) is 0 Å². The molecule has 13 amide bonds. The Hall–Kier alpha value is -10.0. The van der Waals surface area contributed by atoms with Crippen LogP contribution in [-0.4, -0.2) is 224 Å². The topological polar surface area (TPSA) is 681 Å². The highest BCUT2D eigenvalue weighted by Crippen LogP contribution is 2.45. The van der Waals surface area contributed by atoms with Crippen molar-refractivity contribution < 1.29 is 102 Å². The Kier molecular flexibility index (Phi) is 41.7. The Balaban J connectivity index is 2.91. The smallest absolute Gasteiger partial charge is 0.321 e. The number of carbonyl (C=O) groups excluding carboxylic acids is 15. The van der Waals surface area contributed by atoms with Crippen LogP contribution in [-0.2, 0) is 92.7 Å². The van der Waals surface area contributed by atoms with Crippen LogP contribution in [0.5, 0.6) is 0 Å². The Labute approximate surface area is 650 Å². The van der Waals surface area contributed by atoms with Gasteiger partial charge in [-0.15, -0.1) is 0 Å². The molecule has 0 aliphatic heterocycles. The van der Waals surface area contributed by atoms with Crippen molar-refractivity contribution in [3.63, 3.8) is 0 Å². The zero-order chi connectivity index (χ0) is 83.3. The first kappa shape index (κ1) is 96.0. The summed E-state index contributed by atoms with van der Waals surface area (Å²) in [5, 5.41) is 61.8. The van der Waals surface area contributed by atoms with E-state index >= 15 is 4.79 Å². The highest BCUT2D eigenvalue weighted by atomic mass is 127. The van der Waals surface area contributed by atoms with E-state index in [9.17, 15) is 96.8 Å². The van der Waals surface area contributed by atoms with Crippen LogP contribution in [0.4, 0.5) is 0 Å². The van der Waals surface area contributed by atoms with Gasteiger partial charge in [0.25, 0.3) is 0 Å². The summed E-state index contributed by atoms with van der Waals surface area (Å²) in [7, 11) is 0. The molecule has 614 valence electrons. The largest absolute Gasteiger partial charge is 0.481 e. The molecule has 12 atom stereocenters. The van der Waals surface area contributed by atoms with Crippen molar-refractivity contribution in [1.82, 2.24) is 63.8 Å². The Morgan fingerprint density at radius 1 is 0.527 bits per heavy atom. The minimum atomic E-state index is -2.34. The quantitative estimate of drug-likeness (QED) is 0.00551. The summed E-state index contributed by atoms with van der Waals surface area (Å²) in [5.74, 6) is -24.4. The molecule has 1 aromatic carbocycles. The standard InChI is InChI=1S/C69H110IN19O21/c1-8-37(6)56(63(106)79-33-48(73)93)87-65(108)55(36(4)5)85-61(104)42(22-25-52(98)99)89-69(26-27-69)68(7,88-41(20-23-46(71)91)60(103)84-44(31-47(72)92)62(105)86-54(35(2)3)64(107)83-43(58(74)101)30-38-16-11-9-12-17-38)80-34-50(95)81-40(21-24-51(96)97)59(102)82-39(18-15-29-78-67(75)76)57(100)53(66(109)110)45(90)19-13-10-14-28-77-49(94)32-70/h9,11-12,16-17,35-37,39-44,53-56,80,88-89H,8,10,13-15,18-34H2,1-7H3,(H2,71,91)(H2,72,92)(H2,73,93)(H2,74,101)(H,77,94)(H,79,106)(H,81,95)(H,82,102)(H,83,107)(H,84,103)(H,85,104)(H,86,105)(H,87,108)(H,96,97)(H,98,99)(H,109,110)(H4,75,76,78)/t37-,39-,40-,41-,42+,43-,44-,53?,54-,55-,56-,68?/m0/s1. The number of benzene rings is 1. The fourth-order valence-corrected chi connectivity index (χ4v) is 11.9. The van der Waals surface area contributed by atoms with Crippen LogP contribution in [0, 0.1) is 23.7 Å². The number of primary amides is 4. The molecule has 0 heterocycles. The zero-order valence-corrected chi connectivity index (χ0v) is 65.1. The minimum absolute atomic E-state index is 0.0505. The van der Waals surface area contributed by atoms with Crippen LogP contribution >= 0.6 is 22.6 Å². The lowest BCUT2D eigenvalue weighted by atomic mass is 9.89. The van der Waals surface area contributed by atoms with E-state index in [0.29, 0.717) is 24.8 Å². The van der Waals surface area contributed by atoms with Crippen LogP contribution in [0.25, 0.3) is 0 Å². The Morgan fingerprint density at radius 3 is 1.56 bits per heavy atom. The van der Waals surface area contributed by atoms with Crippen molar-refractivity contribution >= 4 is 135 Å². The number of nitrogens with two attached hydrogens (primary N) is 6. The second-order valence-corrected chi connectivity index (χ2v) is 28.6. The average molecular weight is 1670 g/mol. The van der Waals surface area contributed by atoms with Crippen LogP contribution in [0.1, 0.15) is 157 Å². The van der Waals surface area contributed by atoms with Gasteiger partial charge in [-0.25, -0.2) is 0 Å². The number of carboxylic acids is 3. The van der Waals surface area contributed by atoms with Gasteiger partial charge in [0.2, 0.25) is 76.8 Å². The normalized spacial score (nSPS) is 15.7. The zero-order valence-electron chi connectivity index (χ0n) is 62.9. The Bertz CT molecular complexity index is 3450. The molecule has 0 saturated heterocycles. The van der Waals surface area contributed by atoms with Gasteiger partial charge >= 0.3 is 17.9 Å². The predicted molar refractivity (Wildman–Crippen MR) is 404 cm³/mol. The molecule has 1 aromatic rings. The number of ketones is 2. The van der Waals surface area contributed by atoms with Gasteiger partial charge in [0.05, 0.1) is 53.3 Å². The molecule has 41 heteroatoms. The summed E-state index contributed by atoms with van der Waals surface area (Å²) in [6.07, 6.45) is -4.86. The monoisotopic (exact) mass is 1670 g/mol. The lowest BCUT2D eigenvalue weighted by molar-refractivity contribution is -0.152. The summed E-state index contributed by atoms with van der Waals surface area (Å²) in [6, 6.07) is -6.10. The third-order valence-electron chi connectivity index (χ3n) is 18.2. The maximum atomic E-state index is 15.1.